The fourth-order valence-corrected chi connectivity index (χ4v) is 5.90. The van der Waals surface area contributed by atoms with Crippen LogP contribution < -0.4 is 5.32 Å². The van der Waals surface area contributed by atoms with Crippen LogP contribution in [0.2, 0.25) is 0 Å². The maximum Gasteiger partial charge on any atom is 0.271 e. The standard InChI is InChI=1S/C27H31N3O3S/c31-26(28-18-21-12-6-16-33-21)25(24-13-7-17-34-24)30(20-10-4-5-11-20)27(32)23-15-14-22(29-23)19-8-2-1-3-9-19/h1-3,7-9,13-15,17,20-21,25,29H,4-6,10-12,16,18H2,(H,28,31)/t21-,25-/m1/s1. The number of hydrogen-bond donors (Lipinski definition) is 2. The fraction of sp³-hybridized carbons (Fsp3) is 0.407. The lowest BCUT2D eigenvalue weighted by Crippen LogP contribution is -2.48. The molecule has 5 rings (SSSR count). The van der Waals surface area contributed by atoms with Crippen molar-refractivity contribution in [3.05, 3.63) is 70.5 Å². The molecule has 3 aromatic rings. The van der Waals surface area contributed by atoms with E-state index in [4.69, 9.17) is 4.74 Å². The van der Waals surface area contributed by atoms with Gasteiger partial charge in [-0.25, -0.2) is 0 Å². The van der Waals surface area contributed by atoms with Crippen LogP contribution in [-0.2, 0) is 9.53 Å². The summed E-state index contributed by atoms with van der Waals surface area (Å²) in [6, 6.07) is 17.0. The lowest BCUT2D eigenvalue weighted by atomic mass is 10.1. The van der Waals surface area contributed by atoms with E-state index in [1.807, 2.05) is 64.9 Å². The molecule has 1 aliphatic heterocycles. The van der Waals surface area contributed by atoms with Crippen LogP contribution in [0.25, 0.3) is 11.3 Å². The van der Waals surface area contributed by atoms with Crippen molar-refractivity contribution in [2.45, 2.75) is 56.7 Å². The third kappa shape index (κ3) is 4.95. The topological polar surface area (TPSA) is 74.4 Å². The van der Waals surface area contributed by atoms with Gasteiger partial charge in [0.2, 0.25) is 5.91 Å². The van der Waals surface area contributed by atoms with Crippen molar-refractivity contribution in [2.24, 2.45) is 0 Å². The Morgan fingerprint density at radius 3 is 2.56 bits per heavy atom. The molecule has 2 aliphatic rings. The van der Waals surface area contributed by atoms with Gasteiger partial charge in [0.15, 0.2) is 0 Å². The highest BCUT2D eigenvalue weighted by Crippen LogP contribution is 2.35. The van der Waals surface area contributed by atoms with Gasteiger partial charge in [0.25, 0.3) is 5.91 Å². The molecular formula is C27H31N3O3S. The Balaban J connectivity index is 1.44. The van der Waals surface area contributed by atoms with Crippen LogP contribution in [0.15, 0.2) is 60.0 Å². The van der Waals surface area contributed by atoms with Gasteiger partial charge in [0.1, 0.15) is 11.7 Å². The highest BCUT2D eigenvalue weighted by Gasteiger charge is 2.39. The number of benzene rings is 1. The molecule has 3 heterocycles. The van der Waals surface area contributed by atoms with Crippen molar-refractivity contribution >= 4 is 23.2 Å². The zero-order chi connectivity index (χ0) is 23.3. The minimum Gasteiger partial charge on any atom is -0.376 e. The summed E-state index contributed by atoms with van der Waals surface area (Å²) in [6.07, 6.45) is 6.02. The first-order valence-electron chi connectivity index (χ1n) is 12.2. The zero-order valence-corrected chi connectivity index (χ0v) is 20.1. The molecule has 2 N–H and O–H groups in total. The molecule has 1 aliphatic carbocycles. The molecule has 178 valence electrons. The Morgan fingerprint density at radius 1 is 1.03 bits per heavy atom. The van der Waals surface area contributed by atoms with Crippen LogP contribution >= 0.6 is 11.3 Å². The zero-order valence-electron chi connectivity index (χ0n) is 19.2. The molecule has 34 heavy (non-hydrogen) atoms. The smallest absolute Gasteiger partial charge is 0.271 e. The van der Waals surface area contributed by atoms with Gasteiger partial charge in [-0.1, -0.05) is 49.2 Å². The average molecular weight is 478 g/mol. The second-order valence-corrected chi connectivity index (χ2v) is 10.1. The molecule has 6 nitrogen and oxygen atoms in total. The van der Waals surface area contributed by atoms with E-state index in [1.54, 1.807) is 0 Å². The van der Waals surface area contributed by atoms with Gasteiger partial charge < -0.3 is 19.9 Å². The van der Waals surface area contributed by atoms with E-state index in [0.29, 0.717) is 12.2 Å². The number of thiophene rings is 1. The summed E-state index contributed by atoms with van der Waals surface area (Å²) in [6.45, 7) is 1.23. The van der Waals surface area contributed by atoms with Crippen LogP contribution in [0.4, 0.5) is 0 Å². The monoisotopic (exact) mass is 477 g/mol. The summed E-state index contributed by atoms with van der Waals surface area (Å²) < 4.78 is 5.70. The summed E-state index contributed by atoms with van der Waals surface area (Å²) in [7, 11) is 0. The first-order chi connectivity index (χ1) is 16.7. The maximum absolute atomic E-state index is 14.0. The molecule has 0 unspecified atom stereocenters. The summed E-state index contributed by atoms with van der Waals surface area (Å²) >= 11 is 1.52. The van der Waals surface area contributed by atoms with Gasteiger partial charge >= 0.3 is 0 Å². The van der Waals surface area contributed by atoms with Crippen LogP contribution in [0, 0.1) is 0 Å². The van der Waals surface area contributed by atoms with E-state index in [-0.39, 0.29) is 24.0 Å². The summed E-state index contributed by atoms with van der Waals surface area (Å²) in [4.78, 5) is 33.6. The maximum atomic E-state index is 14.0. The fourth-order valence-electron chi connectivity index (χ4n) is 5.08. The Hall–Kier alpha value is -2.90. The Kier molecular flexibility index (Phi) is 7.11. The predicted octanol–water partition coefficient (Wildman–Crippen LogP) is 5.16. The molecular weight excluding hydrogens is 446 g/mol. The summed E-state index contributed by atoms with van der Waals surface area (Å²) in [5, 5.41) is 5.06. The number of rotatable bonds is 8. The van der Waals surface area contributed by atoms with Gasteiger partial charge in [0.05, 0.1) is 6.10 Å². The van der Waals surface area contributed by atoms with Crippen molar-refractivity contribution in [2.75, 3.05) is 13.2 Å². The number of ether oxygens (including phenoxy) is 1. The van der Waals surface area contributed by atoms with Crippen molar-refractivity contribution in [1.82, 2.24) is 15.2 Å². The quantitative estimate of drug-likeness (QED) is 0.470. The lowest BCUT2D eigenvalue weighted by molar-refractivity contribution is -0.127. The molecule has 2 amide bonds. The number of nitrogens with zero attached hydrogens (tertiary/aromatic N) is 1. The number of carbonyl (C=O) groups excluding carboxylic acids is 2. The third-order valence-corrected chi connectivity index (χ3v) is 7.75. The number of H-pyrrole nitrogens is 1. The molecule has 1 saturated carbocycles. The number of amides is 2. The van der Waals surface area contributed by atoms with Crippen LogP contribution in [0.1, 0.15) is 59.9 Å². The van der Waals surface area contributed by atoms with Crippen LogP contribution in [0.5, 0.6) is 0 Å². The largest absolute Gasteiger partial charge is 0.376 e. The van der Waals surface area contributed by atoms with E-state index in [1.165, 1.54) is 11.3 Å². The van der Waals surface area contributed by atoms with Crippen molar-refractivity contribution in [3.63, 3.8) is 0 Å². The number of aromatic nitrogens is 1. The van der Waals surface area contributed by atoms with E-state index in [0.717, 1.165) is 61.3 Å². The van der Waals surface area contributed by atoms with Crippen molar-refractivity contribution < 1.29 is 14.3 Å². The molecule has 2 atom stereocenters. The van der Waals surface area contributed by atoms with Gasteiger partial charge in [-0.3, -0.25) is 9.59 Å². The van der Waals surface area contributed by atoms with Gasteiger partial charge in [-0.05, 0) is 54.8 Å². The average Bonchev–Trinajstić information content (AvgIpc) is 3.68. The Morgan fingerprint density at radius 2 is 1.85 bits per heavy atom. The molecule has 1 saturated heterocycles. The first-order valence-corrected chi connectivity index (χ1v) is 13.1. The normalized spacial score (nSPS) is 19.2. The van der Waals surface area contributed by atoms with Crippen LogP contribution in [0.3, 0.4) is 0 Å². The SMILES string of the molecule is O=C(NC[C@H]1CCCO1)[C@@H](c1cccs1)N(C(=O)c1ccc(-c2ccccc2)[nH]1)C1CCCC1. The summed E-state index contributed by atoms with van der Waals surface area (Å²) in [5.74, 6) is -0.257. The Labute approximate surface area is 204 Å². The first kappa shape index (κ1) is 22.9. The van der Waals surface area contributed by atoms with E-state index < -0.39 is 6.04 Å². The number of nitrogens with one attached hydrogen (secondary N) is 2. The highest BCUT2D eigenvalue weighted by atomic mass is 32.1. The van der Waals surface area contributed by atoms with E-state index >= 15 is 0 Å². The second kappa shape index (κ2) is 10.6. The summed E-state index contributed by atoms with van der Waals surface area (Å²) in [5.41, 5.74) is 2.43. The lowest BCUT2D eigenvalue weighted by Gasteiger charge is -2.35. The van der Waals surface area contributed by atoms with Crippen molar-refractivity contribution in [3.8, 4) is 11.3 Å². The van der Waals surface area contributed by atoms with Gasteiger partial charge in [-0.2, -0.15) is 0 Å². The number of hydrogen-bond acceptors (Lipinski definition) is 4. The Bertz CT molecular complexity index is 1080. The third-order valence-electron chi connectivity index (χ3n) is 6.82. The van der Waals surface area contributed by atoms with E-state index in [9.17, 15) is 9.59 Å². The highest BCUT2D eigenvalue weighted by molar-refractivity contribution is 7.10. The molecule has 2 fully saturated rings. The molecule has 2 aromatic heterocycles. The molecule has 0 radical (unpaired) electrons. The number of aromatic amines is 1. The second-order valence-electron chi connectivity index (χ2n) is 9.10. The molecule has 0 bridgehead atoms. The minimum atomic E-state index is -0.652. The molecule has 7 heteroatoms. The molecule has 1 aromatic carbocycles. The van der Waals surface area contributed by atoms with Crippen molar-refractivity contribution in [1.29, 1.82) is 0 Å². The van der Waals surface area contributed by atoms with Gasteiger partial charge in [0, 0.05) is 29.8 Å². The predicted molar refractivity (Wildman–Crippen MR) is 134 cm³/mol. The van der Waals surface area contributed by atoms with Gasteiger partial charge in [-0.15, -0.1) is 11.3 Å². The number of carbonyl (C=O) groups is 2. The minimum absolute atomic E-state index is 0.0385. The van der Waals surface area contributed by atoms with E-state index in [2.05, 4.69) is 10.3 Å². The van der Waals surface area contributed by atoms with Crippen LogP contribution in [-0.4, -0.2) is 47.0 Å². The molecule has 0 spiro atoms.